The molecule has 1 atom stereocenters. The Labute approximate surface area is 135 Å². The third kappa shape index (κ3) is 3.29. The number of carbonyl (C=O) groups is 1. The zero-order valence-electron chi connectivity index (χ0n) is 13.5. The van der Waals surface area contributed by atoms with Crippen LogP contribution in [0.1, 0.15) is 46.5 Å². The van der Waals surface area contributed by atoms with Crippen molar-refractivity contribution >= 4 is 5.91 Å². The van der Waals surface area contributed by atoms with Crippen molar-refractivity contribution in [1.29, 1.82) is 0 Å². The maximum atomic E-state index is 12.6. The number of piperidine rings is 1. The van der Waals surface area contributed by atoms with Crippen LogP contribution in [0.15, 0.2) is 34.9 Å². The van der Waals surface area contributed by atoms with Crippen LogP contribution in [0.4, 0.5) is 0 Å². The molecule has 0 aromatic carbocycles. The Morgan fingerprint density at radius 3 is 2.65 bits per heavy atom. The van der Waals surface area contributed by atoms with Crippen molar-refractivity contribution in [3.05, 3.63) is 53.2 Å². The lowest BCUT2D eigenvalue weighted by atomic mass is 9.89. The van der Waals surface area contributed by atoms with E-state index in [4.69, 9.17) is 4.42 Å². The molecule has 0 unspecified atom stereocenters. The summed E-state index contributed by atoms with van der Waals surface area (Å²) >= 11 is 0. The first-order valence-electron chi connectivity index (χ1n) is 8.01. The minimum atomic E-state index is -0.564. The molecule has 0 saturated carbocycles. The molecule has 122 valence electrons. The standard InChI is InChI=1S/C18H22N2O3/c1-12-11-15(13(2)23-12)18(22)20-9-6-14(7-10-20)17(21)16-5-3-4-8-19-16/h3-5,8,11,14,17,21H,6-7,9-10H2,1-2H3/t17-/m0/s1. The molecule has 23 heavy (non-hydrogen) atoms. The Morgan fingerprint density at radius 2 is 2.09 bits per heavy atom. The Morgan fingerprint density at radius 1 is 1.35 bits per heavy atom. The second-order valence-corrected chi connectivity index (χ2v) is 6.16. The molecule has 1 N–H and O–H groups in total. The number of nitrogens with zero attached hydrogens (tertiary/aromatic N) is 2. The van der Waals surface area contributed by atoms with Crippen LogP contribution < -0.4 is 0 Å². The summed E-state index contributed by atoms with van der Waals surface area (Å²) in [5.41, 5.74) is 1.35. The zero-order chi connectivity index (χ0) is 16.4. The Bertz CT molecular complexity index is 673. The molecule has 1 amide bonds. The highest BCUT2D eigenvalue weighted by Crippen LogP contribution is 2.30. The van der Waals surface area contributed by atoms with Gasteiger partial charge in [0.1, 0.15) is 11.5 Å². The molecule has 0 bridgehead atoms. The number of aliphatic hydroxyl groups excluding tert-OH is 1. The fourth-order valence-corrected chi connectivity index (χ4v) is 3.22. The average Bonchev–Trinajstić information content (AvgIpc) is 2.93. The van der Waals surface area contributed by atoms with Crippen LogP contribution in [0.25, 0.3) is 0 Å². The number of pyridine rings is 1. The van der Waals surface area contributed by atoms with Gasteiger partial charge in [0.25, 0.3) is 5.91 Å². The summed E-state index contributed by atoms with van der Waals surface area (Å²) < 4.78 is 5.45. The fourth-order valence-electron chi connectivity index (χ4n) is 3.22. The van der Waals surface area contributed by atoms with Gasteiger partial charge in [0, 0.05) is 19.3 Å². The summed E-state index contributed by atoms with van der Waals surface area (Å²) in [4.78, 5) is 18.6. The summed E-state index contributed by atoms with van der Waals surface area (Å²) in [7, 11) is 0. The molecule has 0 radical (unpaired) electrons. The van der Waals surface area contributed by atoms with Crippen molar-refractivity contribution in [3.63, 3.8) is 0 Å². The number of hydrogen-bond acceptors (Lipinski definition) is 4. The molecule has 0 spiro atoms. The molecule has 2 aromatic rings. The van der Waals surface area contributed by atoms with Crippen LogP contribution in [0, 0.1) is 19.8 Å². The zero-order valence-corrected chi connectivity index (χ0v) is 13.5. The van der Waals surface area contributed by atoms with Gasteiger partial charge in [-0.1, -0.05) is 6.07 Å². The van der Waals surface area contributed by atoms with Gasteiger partial charge in [-0.05, 0) is 50.8 Å². The maximum Gasteiger partial charge on any atom is 0.257 e. The minimum Gasteiger partial charge on any atom is -0.466 e. The van der Waals surface area contributed by atoms with E-state index in [0.29, 0.717) is 30.1 Å². The largest absolute Gasteiger partial charge is 0.466 e. The molecule has 3 rings (SSSR count). The van der Waals surface area contributed by atoms with Crippen molar-refractivity contribution in [2.75, 3.05) is 13.1 Å². The van der Waals surface area contributed by atoms with E-state index in [1.165, 1.54) is 0 Å². The normalized spacial score (nSPS) is 17.3. The molecular weight excluding hydrogens is 292 g/mol. The average molecular weight is 314 g/mol. The highest BCUT2D eigenvalue weighted by molar-refractivity contribution is 5.95. The minimum absolute atomic E-state index is 0.0186. The summed E-state index contributed by atoms with van der Waals surface area (Å²) in [6.07, 6.45) is 2.69. The predicted octanol–water partition coefficient (Wildman–Crippen LogP) is 2.88. The second kappa shape index (κ2) is 6.54. The van der Waals surface area contributed by atoms with E-state index in [-0.39, 0.29) is 11.8 Å². The number of amides is 1. The van der Waals surface area contributed by atoms with Gasteiger partial charge >= 0.3 is 0 Å². The van der Waals surface area contributed by atoms with Crippen LogP contribution in [0.5, 0.6) is 0 Å². The second-order valence-electron chi connectivity index (χ2n) is 6.16. The first kappa shape index (κ1) is 15.7. The van der Waals surface area contributed by atoms with Crippen LogP contribution in [0.3, 0.4) is 0 Å². The van der Waals surface area contributed by atoms with Crippen LogP contribution in [-0.2, 0) is 0 Å². The molecule has 3 heterocycles. The van der Waals surface area contributed by atoms with E-state index in [2.05, 4.69) is 4.98 Å². The van der Waals surface area contributed by atoms with Gasteiger partial charge in [-0.3, -0.25) is 9.78 Å². The number of likely N-dealkylation sites (tertiary alicyclic amines) is 1. The van der Waals surface area contributed by atoms with Crippen molar-refractivity contribution in [2.45, 2.75) is 32.8 Å². The van der Waals surface area contributed by atoms with Crippen LogP contribution >= 0.6 is 0 Å². The predicted molar refractivity (Wildman–Crippen MR) is 86.0 cm³/mol. The Balaban J connectivity index is 1.62. The van der Waals surface area contributed by atoms with E-state index < -0.39 is 6.10 Å². The third-order valence-corrected chi connectivity index (χ3v) is 4.54. The van der Waals surface area contributed by atoms with Crippen LogP contribution in [0.2, 0.25) is 0 Å². The lowest BCUT2D eigenvalue weighted by Gasteiger charge is -2.34. The van der Waals surface area contributed by atoms with Gasteiger partial charge in [-0.2, -0.15) is 0 Å². The summed E-state index contributed by atoms with van der Waals surface area (Å²) in [5, 5.41) is 10.5. The SMILES string of the molecule is Cc1cc(C(=O)N2CCC([C@H](O)c3ccccn3)CC2)c(C)o1. The molecule has 5 nitrogen and oxygen atoms in total. The summed E-state index contributed by atoms with van der Waals surface area (Å²) in [6.45, 7) is 4.96. The first-order valence-corrected chi connectivity index (χ1v) is 8.01. The number of aromatic nitrogens is 1. The van der Waals surface area contributed by atoms with Gasteiger partial charge in [-0.15, -0.1) is 0 Å². The molecular formula is C18H22N2O3. The molecule has 1 fully saturated rings. The quantitative estimate of drug-likeness (QED) is 0.946. The van der Waals surface area contributed by atoms with Crippen molar-refractivity contribution in [2.24, 2.45) is 5.92 Å². The number of carbonyl (C=O) groups excluding carboxylic acids is 1. The van der Waals surface area contributed by atoms with Gasteiger partial charge in [0.2, 0.25) is 0 Å². The van der Waals surface area contributed by atoms with E-state index in [1.807, 2.05) is 36.9 Å². The van der Waals surface area contributed by atoms with Crippen LogP contribution in [-0.4, -0.2) is 34.0 Å². The summed E-state index contributed by atoms with van der Waals surface area (Å²) in [5.74, 6) is 1.58. The van der Waals surface area contributed by atoms with E-state index in [1.54, 1.807) is 12.3 Å². The van der Waals surface area contributed by atoms with E-state index in [0.717, 1.165) is 18.6 Å². The molecule has 1 aliphatic rings. The van der Waals surface area contributed by atoms with Gasteiger partial charge in [0.05, 0.1) is 17.4 Å². The highest BCUT2D eigenvalue weighted by Gasteiger charge is 2.30. The van der Waals surface area contributed by atoms with Gasteiger partial charge in [0.15, 0.2) is 0 Å². The molecule has 1 saturated heterocycles. The summed E-state index contributed by atoms with van der Waals surface area (Å²) in [6, 6.07) is 7.37. The maximum absolute atomic E-state index is 12.6. The highest BCUT2D eigenvalue weighted by atomic mass is 16.3. The van der Waals surface area contributed by atoms with Gasteiger partial charge < -0.3 is 14.4 Å². The molecule has 1 aliphatic heterocycles. The molecule has 0 aliphatic carbocycles. The number of aryl methyl sites for hydroxylation is 2. The molecule has 2 aromatic heterocycles. The Hall–Kier alpha value is -2.14. The van der Waals surface area contributed by atoms with Crippen molar-refractivity contribution in [1.82, 2.24) is 9.88 Å². The van der Waals surface area contributed by atoms with Crippen molar-refractivity contribution in [3.8, 4) is 0 Å². The van der Waals surface area contributed by atoms with Crippen molar-refractivity contribution < 1.29 is 14.3 Å². The topological polar surface area (TPSA) is 66.6 Å². The Kier molecular flexibility index (Phi) is 4.48. The monoisotopic (exact) mass is 314 g/mol. The number of rotatable bonds is 3. The number of aliphatic hydroxyl groups is 1. The number of furan rings is 1. The number of hydrogen-bond donors (Lipinski definition) is 1. The lowest BCUT2D eigenvalue weighted by Crippen LogP contribution is -2.40. The van der Waals surface area contributed by atoms with E-state index in [9.17, 15) is 9.90 Å². The third-order valence-electron chi connectivity index (χ3n) is 4.54. The first-order chi connectivity index (χ1) is 11.1. The van der Waals surface area contributed by atoms with Gasteiger partial charge in [-0.25, -0.2) is 0 Å². The molecule has 5 heteroatoms. The fraction of sp³-hybridized carbons (Fsp3) is 0.444. The lowest BCUT2D eigenvalue weighted by molar-refractivity contribution is 0.0446. The smallest absolute Gasteiger partial charge is 0.257 e. The van der Waals surface area contributed by atoms with E-state index >= 15 is 0 Å².